The summed E-state index contributed by atoms with van der Waals surface area (Å²) in [5, 5.41) is 12.4. The largest absolute Gasteiger partial charge is 0.416 e. The molecule has 148 valence electrons. The maximum Gasteiger partial charge on any atom is 0.277 e. The number of rotatable bonds is 7. The minimum atomic E-state index is -0.116. The van der Waals surface area contributed by atoms with Crippen LogP contribution in [0.3, 0.4) is 0 Å². The number of carbonyl (C=O) groups is 1. The second-order valence-corrected chi connectivity index (χ2v) is 9.29. The van der Waals surface area contributed by atoms with E-state index in [9.17, 15) is 4.79 Å². The molecule has 6 nitrogen and oxygen atoms in total. The molecule has 2 heterocycles. The Morgan fingerprint density at radius 3 is 2.90 bits per heavy atom. The van der Waals surface area contributed by atoms with Crippen LogP contribution in [0.2, 0.25) is 0 Å². The van der Waals surface area contributed by atoms with Crippen molar-refractivity contribution in [2.24, 2.45) is 0 Å². The highest BCUT2D eigenvalue weighted by molar-refractivity contribution is 9.10. The first-order valence-electron chi connectivity index (χ1n) is 8.92. The Bertz CT molecular complexity index is 1130. The molecule has 0 atom stereocenters. The molecule has 0 saturated carbocycles. The third-order valence-electron chi connectivity index (χ3n) is 4.13. The van der Waals surface area contributed by atoms with E-state index in [1.807, 2.05) is 43.3 Å². The van der Waals surface area contributed by atoms with E-state index in [-0.39, 0.29) is 11.7 Å². The van der Waals surface area contributed by atoms with Crippen LogP contribution in [-0.4, -0.2) is 26.8 Å². The van der Waals surface area contributed by atoms with Gasteiger partial charge < -0.3 is 9.73 Å². The van der Waals surface area contributed by atoms with Crippen molar-refractivity contribution in [3.63, 3.8) is 0 Å². The number of hydrogen-bond donors (Lipinski definition) is 1. The summed E-state index contributed by atoms with van der Waals surface area (Å²) in [5.74, 6) is 0.639. The summed E-state index contributed by atoms with van der Waals surface area (Å²) < 4.78 is 7.81. The monoisotopic (exact) mass is 488 g/mol. The molecule has 0 aliphatic heterocycles. The number of nitrogens with zero attached hydrogens (tertiary/aromatic N) is 3. The Balaban J connectivity index is 1.28. The van der Waals surface area contributed by atoms with Gasteiger partial charge in [0, 0.05) is 23.0 Å². The zero-order chi connectivity index (χ0) is 20.2. The molecule has 0 bridgehead atoms. The summed E-state index contributed by atoms with van der Waals surface area (Å²) >= 11 is 6.32. The summed E-state index contributed by atoms with van der Waals surface area (Å²) in [6, 6.07) is 13.8. The lowest BCUT2D eigenvalue weighted by atomic mass is 10.2. The summed E-state index contributed by atoms with van der Waals surface area (Å²) in [6.45, 7) is 1.95. The van der Waals surface area contributed by atoms with Crippen LogP contribution in [0.15, 0.2) is 56.6 Å². The number of thiazole rings is 1. The van der Waals surface area contributed by atoms with Gasteiger partial charge >= 0.3 is 0 Å². The van der Waals surface area contributed by atoms with Crippen LogP contribution in [0.1, 0.15) is 16.5 Å². The van der Waals surface area contributed by atoms with Crippen molar-refractivity contribution in [2.45, 2.75) is 25.0 Å². The lowest BCUT2D eigenvalue weighted by Crippen LogP contribution is -2.14. The molecule has 2 aromatic heterocycles. The van der Waals surface area contributed by atoms with Gasteiger partial charge in [-0.1, -0.05) is 39.8 Å². The van der Waals surface area contributed by atoms with Crippen LogP contribution in [0.25, 0.3) is 10.2 Å². The first-order valence-corrected chi connectivity index (χ1v) is 11.5. The molecule has 0 fully saturated rings. The van der Waals surface area contributed by atoms with Crippen molar-refractivity contribution in [3.05, 3.63) is 63.4 Å². The number of hydrogen-bond acceptors (Lipinski definition) is 7. The average molecular weight is 489 g/mol. The number of thioether (sulfide) groups is 1. The number of aromatic nitrogens is 3. The minimum Gasteiger partial charge on any atom is -0.416 e. The Labute approximate surface area is 184 Å². The van der Waals surface area contributed by atoms with E-state index >= 15 is 0 Å². The van der Waals surface area contributed by atoms with E-state index in [4.69, 9.17) is 4.42 Å². The fourth-order valence-corrected chi connectivity index (χ4v) is 4.74. The standard InChI is InChI=1S/C20H17BrN4O2S2/c1-12-10-13(21)6-7-14(12)22-17(26)11-28-20-25-24-18(27-20)8-9-19-23-15-4-2-3-5-16(15)29-19/h2-7,10H,8-9,11H2,1H3,(H,22,26). The highest BCUT2D eigenvalue weighted by Crippen LogP contribution is 2.24. The minimum absolute atomic E-state index is 0.116. The van der Waals surface area contributed by atoms with Crippen LogP contribution < -0.4 is 5.32 Å². The average Bonchev–Trinajstić information content (AvgIpc) is 3.33. The first kappa shape index (κ1) is 20.1. The number of amides is 1. The molecule has 4 aromatic rings. The van der Waals surface area contributed by atoms with Crippen LogP contribution in [-0.2, 0) is 17.6 Å². The second-order valence-electron chi connectivity index (χ2n) is 6.33. The Hall–Kier alpha value is -2.23. The van der Waals surface area contributed by atoms with Gasteiger partial charge in [-0.05, 0) is 42.8 Å². The van der Waals surface area contributed by atoms with E-state index in [2.05, 4.69) is 42.5 Å². The molecule has 0 saturated heterocycles. The van der Waals surface area contributed by atoms with Gasteiger partial charge in [-0.15, -0.1) is 21.5 Å². The van der Waals surface area contributed by atoms with Crippen molar-refractivity contribution >= 4 is 60.8 Å². The zero-order valence-corrected chi connectivity index (χ0v) is 18.7. The van der Waals surface area contributed by atoms with Crippen molar-refractivity contribution < 1.29 is 9.21 Å². The predicted octanol–water partition coefficient (Wildman–Crippen LogP) is 5.27. The number of halogens is 1. The Kier molecular flexibility index (Phi) is 6.27. The number of anilines is 1. The van der Waals surface area contributed by atoms with Gasteiger partial charge in [0.05, 0.1) is 21.0 Å². The molecule has 4 rings (SSSR count). The number of fused-ring (bicyclic) bond motifs is 1. The highest BCUT2D eigenvalue weighted by atomic mass is 79.9. The van der Waals surface area contributed by atoms with E-state index in [0.29, 0.717) is 17.5 Å². The van der Waals surface area contributed by atoms with Gasteiger partial charge in [0.15, 0.2) is 0 Å². The van der Waals surface area contributed by atoms with Crippen LogP contribution in [0.4, 0.5) is 5.69 Å². The molecule has 0 radical (unpaired) electrons. The Morgan fingerprint density at radius 2 is 2.07 bits per heavy atom. The Morgan fingerprint density at radius 1 is 1.21 bits per heavy atom. The summed E-state index contributed by atoms with van der Waals surface area (Å²) in [4.78, 5) is 16.8. The van der Waals surface area contributed by atoms with Crippen LogP contribution >= 0.6 is 39.0 Å². The van der Waals surface area contributed by atoms with Gasteiger partial charge in [-0.25, -0.2) is 4.98 Å². The van der Waals surface area contributed by atoms with E-state index < -0.39 is 0 Å². The number of aryl methyl sites for hydroxylation is 3. The SMILES string of the molecule is Cc1cc(Br)ccc1NC(=O)CSc1nnc(CCc2nc3ccccc3s2)o1. The molecule has 0 unspecified atom stereocenters. The molecule has 29 heavy (non-hydrogen) atoms. The number of para-hydroxylation sites is 1. The van der Waals surface area contributed by atoms with Crippen molar-refractivity contribution in [1.82, 2.24) is 15.2 Å². The molecule has 0 spiro atoms. The topological polar surface area (TPSA) is 80.9 Å². The molecular weight excluding hydrogens is 472 g/mol. The van der Waals surface area contributed by atoms with Crippen molar-refractivity contribution in [3.8, 4) is 0 Å². The molecular formula is C20H17BrN4O2S2. The molecule has 1 amide bonds. The third-order valence-corrected chi connectivity index (χ3v) is 6.54. The predicted molar refractivity (Wildman–Crippen MR) is 120 cm³/mol. The summed E-state index contributed by atoms with van der Waals surface area (Å²) in [7, 11) is 0. The lowest BCUT2D eigenvalue weighted by molar-refractivity contribution is -0.113. The quantitative estimate of drug-likeness (QED) is 0.357. The van der Waals surface area contributed by atoms with Crippen molar-refractivity contribution in [2.75, 3.05) is 11.1 Å². The lowest BCUT2D eigenvalue weighted by Gasteiger charge is -2.07. The van der Waals surface area contributed by atoms with Crippen LogP contribution in [0.5, 0.6) is 0 Å². The van der Waals surface area contributed by atoms with Gasteiger partial charge in [0.25, 0.3) is 5.22 Å². The molecule has 1 N–H and O–H groups in total. The fraction of sp³-hybridized carbons (Fsp3) is 0.200. The van der Waals surface area contributed by atoms with E-state index in [1.165, 1.54) is 16.5 Å². The van der Waals surface area contributed by atoms with Gasteiger partial charge in [0.2, 0.25) is 11.8 Å². The van der Waals surface area contributed by atoms with E-state index in [0.717, 1.165) is 32.7 Å². The van der Waals surface area contributed by atoms with Crippen molar-refractivity contribution in [1.29, 1.82) is 0 Å². The van der Waals surface area contributed by atoms with Gasteiger partial charge in [-0.3, -0.25) is 4.79 Å². The maximum absolute atomic E-state index is 12.2. The molecule has 9 heteroatoms. The van der Waals surface area contributed by atoms with Gasteiger partial charge in [0.1, 0.15) is 0 Å². The number of benzene rings is 2. The number of carbonyl (C=O) groups excluding carboxylic acids is 1. The summed E-state index contributed by atoms with van der Waals surface area (Å²) in [6.07, 6.45) is 1.37. The van der Waals surface area contributed by atoms with E-state index in [1.54, 1.807) is 11.3 Å². The smallest absolute Gasteiger partial charge is 0.277 e. The first-order chi connectivity index (χ1) is 14.1. The highest BCUT2D eigenvalue weighted by Gasteiger charge is 2.12. The third kappa shape index (κ3) is 5.23. The molecule has 0 aliphatic rings. The molecule has 0 aliphatic carbocycles. The van der Waals surface area contributed by atoms with Crippen LogP contribution in [0, 0.1) is 6.92 Å². The second kappa shape index (κ2) is 9.06. The number of nitrogens with one attached hydrogen (secondary N) is 1. The molecule has 2 aromatic carbocycles. The normalized spacial score (nSPS) is 11.1. The fourth-order valence-electron chi connectivity index (χ4n) is 2.72. The zero-order valence-electron chi connectivity index (χ0n) is 15.5. The summed E-state index contributed by atoms with van der Waals surface area (Å²) in [5.41, 5.74) is 2.80. The van der Waals surface area contributed by atoms with Gasteiger partial charge in [-0.2, -0.15) is 0 Å². The maximum atomic E-state index is 12.2.